The molecule has 0 radical (unpaired) electrons. The van der Waals surface area contributed by atoms with Gasteiger partial charge in [0.2, 0.25) is 11.8 Å². The monoisotopic (exact) mass is 365 g/mol. The van der Waals surface area contributed by atoms with Crippen LogP contribution in [-0.4, -0.2) is 42.9 Å². The van der Waals surface area contributed by atoms with Crippen LogP contribution in [0.25, 0.3) is 0 Å². The number of benzene rings is 2. The van der Waals surface area contributed by atoms with Crippen molar-refractivity contribution in [3.63, 3.8) is 0 Å². The number of amides is 2. The third-order valence-corrected chi connectivity index (χ3v) is 5.06. The van der Waals surface area contributed by atoms with Crippen LogP contribution in [-0.2, 0) is 9.59 Å². The zero-order chi connectivity index (χ0) is 19.4. The van der Waals surface area contributed by atoms with Gasteiger partial charge in [0.15, 0.2) is 0 Å². The number of aryl methyl sites for hydroxylation is 3. The highest BCUT2D eigenvalue weighted by Gasteiger charge is 2.23. The first kappa shape index (κ1) is 19.0. The number of nitrogens with one attached hydrogen (secondary N) is 1. The second-order valence-electron chi connectivity index (χ2n) is 7.20. The third-order valence-electron chi connectivity index (χ3n) is 5.06. The molecule has 0 bridgehead atoms. The molecule has 1 N–H and O–H groups in total. The Labute approximate surface area is 161 Å². The van der Waals surface area contributed by atoms with Gasteiger partial charge in [-0.05, 0) is 49.6 Å². The van der Waals surface area contributed by atoms with Crippen LogP contribution >= 0.6 is 0 Å². The average Bonchev–Trinajstić information content (AvgIpc) is 2.65. The number of anilines is 2. The topological polar surface area (TPSA) is 52.7 Å². The molecule has 2 aromatic carbocycles. The fourth-order valence-corrected chi connectivity index (χ4v) is 3.48. The standard InChI is InChI=1S/C22H27N3O2/c1-16-6-4-9-19(14-16)24-10-12-25(13-11-24)21(27)15-20(26)23-22-17(2)7-5-8-18(22)3/h4-9,14H,10-13,15H2,1-3H3,(H,23,26). The summed E-state index contributed by atoms with van der Waals surface area (Å²) in [5.74, 6) is -0.360. The molecule has 5 nitrogen and oxygen atoms in total. The van der Waals surface area contributed by atoms with Gasteiger partial charge in [-0.2, -0.15) is 0 Å². The number of hydrogen-bond donors (Lipinski definition) is 1. The second kappa shape index (κ2) is 8.25. The summed E-state index contributed by atoms with van der Waals surface area (Å²) in [6.45, 7) is 8.84. The molecule has 2 aromatic rings. The Balaban J connectivity index is 1.53. The molecule has 0 spiro atoms. The normalized spacial score (nSPS) is 14.2. The molecule has 1 fully saturated rings. The lowest BCUT2D eigenvalue weighted by Crippen LogP contribution is -2.49. The molecule has 27 heavy (non-hydrogen) atoms. The van der Waals surface area contributed by atoms with E-state index in [1.165, 1.54) is 11.3 Å². The minimum absolute atomic E-state index is 0.109. The number of para-hydroxylation sites is 1. The number of piperazine rings is 1. The summed E-state index contributed by atoms with van der Waals surface area (Å²) in [5, 5.41) is 2.89. The molecule has 0 aromatic heterocycles. The van der Waals surface area contributed by atoms with E-state index in [2.05, 4.69) is 41.4 Å². The Hall–Kier alpha value is -2.82. The van der Waals surface area contributed by atoms with E-state index in [1.54, 1.807) is 4.90 Å². The van der Waals surface area contributed by atoms with Gasteiger partial charge in [-0.15, -0.1) is 0 Å². The van der Waals surface area contributed by atoms with Crippen LogP contribution in [0, 0.1) is 20.8 Å². The summed E-state index contributed by atoms with van der Waals surface area (Å²) in [5.41, 5.74) is 5.23. The highest BCUT2D eigenvalue weighted by atomic mass is 16.2. The van der Waals surface area contributed by atoms with Crippen molar-refractivity contribution in [1.29, 1.82) is 0 Å². The molecular formula is C22H27N3O2. The van der Waals surface area contributed by atoms with Crippen molar-refractivity contribution in [3.8, 4) is 0 Å². The van der Waals surface area contributed by atoms with Gasteiger partial charge in [-0.25, -0.2) is 0 Å². The smallest absolute Gasteiger partial charge is 0.233 e. The lowest BCUT2D eigenvalue weighted by Gasteiger charge is -2.36. The van der Waals surface area contributed by atoms with Crippen LogP contribution in [0.15, 0.2) is 42.5 Å². The molecular weight excluding hydrogens is 338 g/mol. The average molecular weight is 365 g/mol. The molecule has 0 unspecified atom stereocenters. The molecule has 142 valence electrons. The molecule has 1 aliphatic rings. The Morgan fingerprint density at radius 1 is 0.926 bits per heavy atom. The summed E-state index contributed by atoms with van der Waals surface area (Å²) in [4.78, 5) is 28.9. The van der Waals surface area contributed by atoms with Crippen molar-refractivity contribution < 1.29 is 9.59 Å². The Kier molecular flexibility index (Phi) is 5.79. The quantitative estimate of drug-likeness (QED) is 0.846. The van der Waals surface area contributed by atoms with Gasteiger partial charge in [0.25, 0.3) is 0 Å². The summed E-state index contributed by atoms with van der Waals surface area (Å²) in [6.07, 6.45) is -0.113. The van der Waals surface area contributed by atoms with E-state index in [-0.39, 0.29) is 18.2 Å². The van der Waals surface area contributed by atoms with Crippen LogP contribution in [0.5, 0.6) is 0 Å². The molecule has 5 heteroatoms. The van der Waals surface area contributed by atoms with Crippen molar-refractivity contribution in [1.82, 2.24) is 4.90 Å². The zero-order valence-electron chi connectivity index (χ0n) is 16.3. The molecule has 0 atom stereocenters. The first-order valence-electron chi connectivity index (χ1n) is 9.39. The van der Waals surface area contributed by atoms with Crippen LogP contribution < -0.4 is 10.2 Å². The van der Waals surface area contributed by atoms with E-state index in [4.69, 9.17) is 0 Å². The fourth-order valence-electron chi connectivity index (χ4n) is 3.48. The molecule has 1 heterocycles. The van der Waals surface area contributed by atoms with E-state index in [1.807, 2.05) is 32.0 Å². The van der Waals surface area contributed by atoms with Crippen molar-refractivity contribution in [2.75, 3.05) is 36.4 Å². The van der Waals surface area contributed by atoms with Crippen molar-refractivity contribution >= 4 is 23.2 Å². The van der Waals surface area contributed by atoms with Crippen LogP contribution in [0.2, 0.25) is 0 Å². The molecule has 0 aliphatic carbocycles. The van der Waals surface area contributed by atoms with Gasteiger partial charge in [-0.3, -0.25) is 9.59 Å². The minimum atomic E-state index is -0.251. The van der Waals surface area contributed by atoms with E-state index < -0.39 is 0 Å². The highest BCUT2D eigenvalue weighted by molar-refractivity contribution is 6.04. The van der Waals surface area contributed by atoms with Crippen LogP contribution in [0.1, 0.15) is 23.1 Å². The fraction of sp³-hybridized carbons (Fsp3) is 0.364. The van der Waals surface area contributed by atoms with Crippen molar-refractivity contribution in [3.05, 3.63) is 59.2 Å². The number of carbonyl (C=O) groups is 2. The first-order chi connectivity index (χ1) is 12.9. The maximum absolute atomic E-state index is 12.5. The predicted octanol–water partition coefficient (Wildman–Crippen LogP) is 3.29. The third kappa shape index (κ3) is 4.67. The highest BCUT2D eigenvalue weighted by Crippen LogP contribution is 2.20. The maximum Gasteiger partial charge on any atom is 0.233 e. The van der Waals surface area contributed by atoms with Gasteiger partial charge < -0.3 is 15.1 Å². The number of nitrogens with zero attached hydrogens (tertiary/aromatic N) is 2. The van der Waals surface area contributed by atoms with Crippen molar-refractivity contribution in [2.24, 2.45) is 0 Å². The molecule has 3 rings (SSSR count). The van der Waals surface area contributed by atoms with E-state index in [9.17, 15) is 9.59 Å². The summed E-state index contributed by atoms with van der Waals surface area (Å²) in [7, 11) is 0. The number of carbonyl (C=O) groups excluding carboxylic acids is 2. The van der Waals surface area contributed by atoms with Crippen LogP contribution in [0.4, 0.5) is 11.4 Å². The second-order valence-corrected chi connectivity index (χ2v) is 7.20. The van der Waals surface area contributed by atoms with Gasteiger partial charge in [0.05, 0.1) is 0 Å². The molecule has 0 saturated carbocycles. The van der Waals surface area contributed by atoms with Gasteiger partial charge in [-0.1, -0.05) is 30.3 Å². The minimum Gasteiger partial charge on any atom is -0.368 e. The number of rotatable bonds is 4. The lowest BCUT2D eigenvalue weighted by atomic mass is 10.1. The van der Waals surface area contributed by atoms with Gasteiger partial charge in [0.1, 0.15) is 6.42 Å². The van der Waals surface area contributed by atoms with Crippen molar-refractivity contribution in [2.45, 2.75) is 27.2 Å². The van der Waals surface area contributed by atoms with E-state index in [0.29, 0.717) is 13.1 Å². The summed E-state index contributed by atoms with van der Waals surface area (Å²) >= 11 is 0. The number of hydrogen-bond acceptors (Lipinski definition) is 3. The van der Waals surface area contributed by atoms with Gasteiger partial charge in [0, 0.05) is 37.6 Å². The SMILES string of the molecule is Cc1cccc(N2CCN(C(=O)CC(=O)Nc3c(C)cccc3C)CC2)c1. The van der Waals surface area contributed by atoms with E-state index in [0.717, 1.165) is 29.9 Å². The zero-order valence-corrected chi connectivity index (χ0v) is 16.3. The van der Waals surface area contributed by atoms with Gasteiger partial charge >= 0.3 is 0 Å². The maximum atomic E-state index is 12.5. The summed E-state index contributed by atoms with van der Waals surface area (Å²) < 4.78 is 0. The Morgan fingerprint density at radius 3 is 2.19 bits per heavy atom. The van der Waals surface area contributed by atoms with Crippen LogP contribution in [0.3, 0.4) is 0 Å². The Morgan fingerprint density at radius 2 is 1.56 bits per heavy atom. The predicted molar refractivity (Wildman–Crippen MR) is 109 cm³/mol. The lowest BCUT2D eigenvalue weighted by molar-refractivity contribution is -0.134. The summed E-state index contributed by atoms with van der Waals surface area (Å²) in [6, 6.07) is 14.3. The largest absolute Gasteiger partial charge is 0.368 e. The Bertz CT molecular complexity index is 819. The molecule has 1 saturated heterocycles. The van der Waals surface area contributed by atoms with E-state index >= 15 is 0 Å². The molecule has 2 amide bonds. The first-order valence-corrected chi connectivity index (χ1v) is 9.39. The molecule has 1 aliphatic heterocycles.